The third kappa shape index (κ3) is 3.97. The molecule has 0 spiro atoms. The van der Waals surface area contributed by atoms with Crippen molar-refractivity contribution in [2.45, 2.75) is 38.2 Å². The Hall–Kier alpha value is -0.990. The van der Waals surface area contributed by atoms with Crippen LogP contribution < -0.4 is 5.32 Å². The maximum absolute atomic E-state index is 10.9. The Morgan fingerprint density at radius 3 is 2.92 bits per heavy atom. The average Bonchev–Trinajstić information content (AvgIpc) is 2.09. The van der Waals surface area contributed by atoms with E-state index in [4.69, 9.17) is 4.74 Å². The van der Waals surface area contributed by atoms with Crippen molar-refractivity contribution >= 4 is 6.09 Å². The molecular formula is C10H17NO2. The Labute approximate surface area is 79.2 Å². The Kier molecular flexibility index (Phi) is 4.36. The first-order valence-corrected chi connectivity index (χ1v) is 4.86. The first kappa shape index (κ1) is 10.1. The number of ether oxygens (including phenoxy) is 1. The number of amides is 1. The highest BCUT2D eigenvalue weighted by molar-refractivity contribution is 5.66. The van der Waals surface area contributed by atoms with Crippen LogP contribution in [-0.4, -0.2) is 19.2 Å². The standard InChI is InChI=1S/C10H17NO2/c1-11-10(12)13-9-7-5-3-2-4-6-8-9/h2-3,9H,4-8H2,1H3,(H,11,12). The fraction of sp³-hybridized carbons (Fsp3) is 0.700. The summed E-state index contributed by atoms with van der Waals surface area (Å²) in [5.41, 5.74) is 0. The Balaban J connectivity index is 2.31. The minimum Gasteiger partial charge on any atom is -0.446 e. The summed E-state index contributed by atoms with van der Waals surface area (Å²) in [5.74, 6) is 0. The number of carbonyl (C=O) groups is 1. The van der Waals surface area contributed by atoms with Gasteiger partial charge in [0.05, 0.1) is 0 Å². The molecule has 74 valence electrons. The molecule has 1 unspecified atom stereocenters. The van der Waals surface area contributed by atoms with Crippen LogP contribution in [0.2, 0.25) is 0 Å². The molecule has 13 heavy (non-hydrogen) atoms. The highest BCUT2D eigenvalue weighted by Crippen LogP contribution is 2.15. The molecule has 1 N–H and O–H groups in total. The molecule has 1 aliphatic carbocycles. The average molecular weight is 183 g/mol. The van der Waals surface area contributed by atoms with Crippen molar-refractivity contribution in [3.63, 3.8) is 0 Å². The van der Waals surface area contributed by atoms with Crippen LogP contribution in [0.5, 0.6) is 0 Å². The van der Waals surface area contributed by atoms with E-state index >= 15 is 0 Å². The van der Waals surface area contributed by atoms with Gasteiger partial charge in [0.1, 0.15) is 6.10 Å². The number of hydrogen-bond acceptors (Lipinski definition) is 2. The summed E-state index contributed by atoms with van der Waals surface area (Å²) in [6.07, 6.45) is 9.32. The zero-order valence-electron chi connectivity index (χ0n) is 8.08. The first-order valence-electron chi connectivity index (χ1n) is 4.86. The zero-order chi connectivity index (χ0) is 9.52. The van der Waals surface area contributed by atoms with Gasteiger partial charge in [0.2, 0.25) is 0 Å². The van der Waals surface area contributed by atoms with Gasteiger partial charge in [-0.15, -0.1) is 0 Å². The molecule has 0 aromatic rings. The monoisotopic (exact) mass is 183 g/mol. The first-order chi connectivity index (χ1) is 6.33. The number of nitrogens with one attached hydrogen (secondary N) is 1. The lowest BCUT2D eigenvalue weighted by atomic mass is 10.0. The van der Waals surface area contributed by atoms with Gasteiger partial charge in [0, 0.05) is 7.05 Å². The fourth-order valence-corrected chi connectivity index (χ4v) is 1.45. The van der Waals surface area contributed by atoms with E-state index in [2.05, 4.69) is 17.5 Å². The van der Waals surface area contributed by atoms with E-state index in [1.54, 1.807) is 7.05 Å². The van der Waals surface area contributed by atoms with Crippen LogP contribution in [0, 0.1) is 0 Å². The Morgan fingerprint density at radius 1 is 1.38 bits per heavy atom. The van der Waals surface area contributed by atoms with Crippen LogP contribution in [0.25, 0.3) is 0 Å². The van der Waals surface area contributed by atoms with E-state index in [0.717, 1.165) is 32.1 Å². The van der Waals surface area contributed by atoms with Crippen molar-refractivity contribution < 1.29 is 9.53 Å². The summed E-state index contributed by atoms with van der Waals surface area (Å²) in [4.78, 5) is 10.9. The van der Waals surface area contributed by atoms with E-state index in [1.165, 1.54) is 0 Å². The molecule has 0 heterocycles. The predicted molar refractivity (Wildman–Crippen MR) is 51.6 cm³/mol. The molecule has 0 radical (unpaired) electrons. The second-order valence-electron chi connectivity index (χ2n) is 3.26. The van der Waals surface area contributed by atoms with Crippen LogP contribution in [0.3, 0.4) is 0 Å². The lowest BCUT2D eigenvalue weighted by molar-refractivity contribution is 0.0881. The lowest BCUT2D eigenvalue weighted by Gasteiger charge is -2.17. The molecule has 0 aromatic carbocycles. The van der Waals surface area contributed by atoms with Gasteiger partial charge >= 0.3 is 6.09 Å². The number of carbonyl (C=O) groups excluding carboxylic acids is 1. The predicted octanol–water partition coefficient (Wildman–Crippen LogP) is 2.23. The Bertz CT molecular complexity index is 189. The third-order valence-corrected chi connectivity index (χ3v) is 2.20. The Morgan fingerprint density at radius 2 is 2.15 bits per heavy atom. The summed E-state index contributed by atoms with van der Waals surface area (Å²) in [6, 6.07) is 0. The molecule has 0 bridgehead atoms. The van der Waals surface area contributed by atoms with Crippen molar-refractivity contribution in [3.8, 4) is 0 Å². The molecule has 0 saturated heterocycles. The molecule has 1 aliphatic rings. The SMILES string of the molecule is CNC(=O)OC1CCC=CCCC1. The van der Waals surface area contributed by atoms with Crippen LogP contribution in [0.1, 0.15) is 32.1 Å². The maximum atomic E-state index is 10.9. The van der Waals surface area contributed by atoms with E-state index in [1.807, 2.05) is 0 Å². The number of rotatable bonds is 1. The quantitative estimate of drug-likeness (QED) is 0.633. The summed E-state index contributed by atoms with van der Waals surface area (Å²) >= 11 is 0. The smallest absolute Gasteiger partial charge is 0.407 e. The molecule has 0 fully saturated rings. The van der Waals surface area contributed by atoms with Crippen molar-refractivity contribution in [1.82, 2.24) is 5.32 Å². The van der Waals surface area contributed by atoms with Gasteiger partial charge < -0.3 is 10.1 Å². The molecule has 1 amide bonds. The number of alkyl carbamates (subject to hydrolysis) is 1. The maximum Gasteiger partial charge on any atom is 0.407 e. The van der Waals surface area contributed by atoms with Crippen molar-refractivity contribution in [2.75, 3.05) is 7.05 Å². The third-order valence-electron chi connectivity index (χ3n) is 2.20. The van der Waals surface area contributed by atoms with E-state index in [0.29, 0.717) is 0 Å². The molecule has 3 nitrogen and oxygen atoms in total. The van der Waals surface area contributed by atoms with Crippen molar-refractivity contribution in [2.24, 2.45) is 0 Å². The second-order valence-corrected chi connectivity index (χ2v) is 3.26. The van der Waals surface area contributed by atoms with E-state index in [9.17, 15) is 4.79 Å². The highest BCUT2D eigenvalue weighted by atomic mass is 16.6. The fourth-order valence-electron chi connectivity index (χ4n) is 1.45. The molecule has 0 aromatic heterocycles. The van der Waals surface area contributed by atoms with Gasteiger partial charge in [0.25, 0.3) is 0 Å². The summed E-state index contributed by atoms with van der Waals surface area (Å²) < 4.78 is 5.19. The number of allylic oxidation sites excluding steroid dienone is 2. The van der Waals surface area contributed by atoms with Crippen LogP contribution in [0.15, 0.2) is 12.2 Å². The van der Waals surface area contributed by atoms with Crippen molar-refractivity contribution in [3.05, 3.63) is 12.2 Å². The molecular weight excluding hydrogens is 166 g/mol. The minimum absolute atomic E-state index is 0.102. The van der Waals surface area contributed by atoms with Gasteiger partial charge in [0.15, 0.2) is 0 Å². The van der Waals surface area contributed by atoms with E-state index in [-0.39, 0.29) is 12.2 Å². The zero-order valence-corrected chi connectivity index (χ0v) is 8.08. The number of hydrogen-bond donors (Lipinski definition) is 1. The topological polar surface area (TPSA) is 38.3 Å². The van der Waals surface area contributed by atoms with Crippen LogP contribution in [-0.2, 0) is 4.74 Å². The summed E-state index contributed by atoms with van der Waals surface area (Å²) in [6.45, 7) is 0. The second kappa shape index (κ2) is 5.62. The largest absolute Gasteiger partial charge is 0.446 e. The minimum atomic E-state index is -0.311. The van der Waals surface area contributed by atoms with Crippen molar-refractivity contribution in [1.29, 1.82) is 0 Å². The van der Waals surface area contributed by atoms with Gasteiger partial charge in [-0.25, -0.2) is 4.79 Å². The van der Waals surface area contributed by atoms with E-state index < -0.39 is 0 Å². The lowest BCUT2D eigenvalue weighted by Crippen LogP contribution is -2.26. The van der Waals surface area contributed by atoms with Gasteiger partial charge in [-0.3, -0.25) is 0 Å². The van der Waals surface area contributed by atoms with Gasteiger partial charge in [-0.05, 0) is 32.1 Å². The highest BCUT2D eigenvalue weighted by Gasteiger charge is 2.12. The summed E-state index contributed by atoms with van der Waals surface area (Å²) in [5, 5.41) is 2.47. The molecule has 3 heteroatoms. The normalized spacial score (nSPS) is 23.0. The molecule has 1 rings (SSSR count). The van der Waals surface area contributed by atoms with Crippen LogP contribution in [0.4, 0.5) is 4.79 Å². The summed E-state index contributed by atoms with van der Waals surface area (Å²) in [7, 11) is 1.59. The molecule has 1 atom stereocenters. The van der Waals surface area contributed by atoms with Gasteiger partial charge in [-0.1, -0.05) is 12.2 Å². The molecule has 0 aliphatic heterocycles. The van der Waals surface area contributed by atoms with Crippen LogP contribution >= 0.6 is 0 Å². The van der Waals surface area contributed by atoms with Gasteiger partial charge in [-0.2, -0.15) is 0 Å². The molecule has 0 saturated carbocycles.